The molecule has 0 spiro atoms. The number of carbonyl (C=O) groups excluding carboxylic acids is 1. The van der Waals surface area contributed by atoms with Crippen LogP contribution in [0.4, 0.5) is 0 Å². The van der Waals surface area contributed by atoms with Crippen LogP contribution < -0.4 is 0 Å². The van der Waals surface area contributed by atoms with Gasteiger partial charge in [0.05, 0.1) is 10.0 Å². The minimum Gasteiger partial charge on any atom is -0.336 e. The highest BCUT2D eigenvalue weighted by Crippen LogP contribution is 2.24. The molecule has 1 saturated heterocycles. The summed E-state index contributed by atoms with van der Waals surface area (Å²) in [4.78, 5) is 19.3. The fourth-order valence-electron chi connectivity index (χ4n) is 3.09. The molecule has 0 radical (unpaired) electrons. The van der Waals surface area contributed by atoms with Crippen LogP contribution in [-0.4, -0.2) is 73.0 Å². The van der Waals surface area contributed by atoms with Gasteiger partial charge in [-0.15, -0.1) is 0 Å². The summed E-state index contributed by atoms with van der Waals surface area (Å²) in [6, 6.07) is 5.75. The van der Waals surface area contributed by atoms with Crippen molar-refractivity contribution in [3.05, 3.63) is 33.8 Å². The number of piperazine rings is 1. The first-order valence-electron chi connectivity index (χ1n) is 7.94. The Morgan fingerprint density at radius 2 is 1.78 bits per heavy atom. The zero-order chi connectivity index (χ0) is 17.1. The Morgan fingerprint density at radius 1 is 1.17 bits per heavy atom. The third-order valence-electron chi connectivity index (χ3n) is 4.36. The molecule has 128 valence electrons. The topological polar surface area (TPSA) is 26.8 Å². The van der Waals surface area contributed by atoms with E-state index in [0.717, 1.165) is 26.2 Å². The Kier molecular flexibility index (Phi) is 6.32. The summed E-state index contributed by atoms with van der Waals surface area (Å²) in [6.07, 6.45) is 0. The SMILES string of the molecule is CC1CN(C(=O)c2ccc(Cl)c(Cl)c2)CC(C)N1CCN(C)C. The minimum atomic E-state index is 0.0227. The summed E-state index contributed by atoms with van der Waals surface area (Å²) in [5.41, 5.74) is 0.598. The third-order valence-corrected chi connectivity index (χ3v) is 5.10. The van der Waals surface area contributed by atoms with E-state index in [1.54, 1.807) is 18.2 Å². The molecule has 1 aliphatic heterocycles. The van der Waals surface area contributed by atoms with Crippen molar-refractivity contribution in [1.29, 1.82) is 0 Å². The molecule has 4 nitrogen and oxygen atoms in total. The van der Waals surface area contributed by atoms with Gasteiger partial charge < -0.3 is 9.80 Å². The summed E-state index contributed by atoms with van der Waals surface area (Å²) in [6.45, 7) is 7.87. The maximum absolute atomic E-state index is 12.7. The van der Waals surface area contributed by atoms with E-state index < -0.39 is 0 Å². The Bertz CT molecular complexity index is 553. The molecule has 6 heteroatoms. The summed E-state index contributed by atoms with van der Waals surface area (Å²) in [7, 11) is 4.17. The number of likely N-dealkylation sites (N-methyl/N-ethyl adjacent to an activating group) is 1. The second-order valence-corrected chi connectivity index (χ2v) is 7.39. The molecule has 1 amide bonds. The van der Waals surface area contributed by atoms with Crippen LogP contribution in [0, 0.1) is 0 Å². The molecule has 2 rings (SSSR count). The lowest BCUT2D eigenvalue weighted by atomic mass is 10.1. The Labute approximate surface area is 148 Å². The Morgan fingerprint density at radius 3 is 2.30 bits per heavy atom. The van der Waals surface area contributed by atoms with Gasteiger partial charge in [-0.1, -0.05) is 23.2 Å². The molecule has 0 saturated carbocycles. The number of amides is 1. The van der Waals surface area contributed by atoms with Gasteiger partial charge in [-0.3, -0.25) is 9.69 Å². The van der Waals surface area contributed by atoms with Crippen LogP contribution >= 0.6 is 23.2 Å². The molecule has 1 fully saturated rings. The van der Waals surface area contributed by atoms with Crippen molar-refractivity contribution < 1.29 is 4.79 Å². The number of rotatable bonds is 4. The zero-order valence-electron chi connectivity index (χ0n) is 14.2. The zero-order valence-corrected chi connectivity index (χ0v) is 15.7. The first kappa shape index (κ1) is 18.5. The average Bonchev–Trinajstić information content (AvgIpc) is 2.48. The van der Waals surface area contributed by atoms with E-state index in [2.05, 4.69) is 37.7 Å². The smallest absolute Gasteiger partial charge is 0.254 e. The number of hydrogen-bond donors (Lipinski definition) is 0. The Balaban J connectivity index is 2.05. The molecular formula is C17H25Cl2N3O. The Hall–Kier alpha value is -0.810. The van der Waals surface area contributed by atoms with Crippen molar-refractivity contribution in [2.45, 2.75) is 25.9 Å². The van der Waals surface area contributed by atoms with Gasteiger partial charge >= 0.3 is 0 Å². The van der Waals surface area contributed by atoms with E-state index in [9.17, 15) is 4.79 Å². The third kappa shape index (κ3) is 4.60. The highest BCUT2D eigenvalue weighted by atomic mass is 35.5. The predicted molar refractivity (Wildman–Crippen MR) is 96.5 cm³/mol. The lowest BCUT2D eigenvalue weighted by Crippen LogP contribution is -2.59. The predicted octanol–water partition coefficient (Wildman–Crippen LogP) is 3.09. The normalized spacial score (nSPS) is 22.7. The molecule has 0 aliphatic carbocycles. The maximum atomic E-state index is 12.7. The van der Waals surface area contributed by atoms with E-state index in [-0.39, 0.29) is 5.91 Å². The number of benzene rings is 1. The standard InChI is InChI=1S/C17H25Cl2N3O/c1-12-10-21(11-13(2)22(12)8-7-20(3)4)17(23)14-5-6-15(18)16(19)9-14/h5-6,9,12-13H,7-8,10-11H2,1-4H3. The van der Waals surface area contributed by atoms with Gasteiger partial charge in [0.25, 0.3) is 5.91 Å². The summed E-state index contributed by atoms with van der Waals surface area (Å²) >= 11 is 12.0. The van der Waals surface area contributed by atoms with Crippen molar-refractivity contribution in [3.63, 3.8) is 0 Å². The molecule has 1 aromatic rings. The van der Waals surface area contributed by atoms with Crippen molar-refractivity contribution in [2.24, 2.45) is 0 Å². The fraction of sp³-hybridized carbons (Fsp3) is 0.588. The highest BCUT2D eigenvalue weighted by Gasteiger charge is 2.32. The molecule has 1 aliphatic rings. The molecule has 2 atom stereocenters. The van der Waals surface area contributed by atoms with Crippen LogP contribution in [0.3, 0.4) is 0 Å². The molecule has 1 aromatic carbocycles. The number of carbonyl (C=O) groups is 1. The molecular weight excluding hydrogens is 333 g/mol. The van der Waals surface area contributed by atoms with Crippen LogP contribution in [0.15, 0.2) is 18.2 Å². The van der Waals surface area contributed by atoms with Crippen LogP contribution in [0.1, 0.15) is 24.2 Å². The van der Waals surface area contributed by atoms with E-state index in [1.807, 2.05) is 4.90 Å². The highest BCUT2D eigenvalue weighted by molar-refractivity contribution is 6.42. The van der Waals surface area contributed by atoms with E-state index in [1.165, 1.54) is 0 Å². The van der Waals surface area contributed by atoms with Gasteiger partial charge in [0, 0.05) is 43.8 Å². The average molecular weight is 358 g/mol. The molecule has 23 heavy (non-hydrogen) atoms. The molecule has 2 unspecified atom stereocenters. The first-order chi connectivity index (χ1) is 10.8. The summed E-state index contributed by atoms with van der Waals surface area (Å²) < 4.78 is 0. The van der Waals surface area contributed by atoms with Gasteiger partial charge in [0.2, 0.25) is 0 Å². The van der Waals surface area contributed by atoms with Crippen molar-refractivity contribution in [2.75, 3.05) is 40.3 Å². The van der Waals surface area contributed by atoms with Gasteiger partial charge in [-0.2, -0.15) is 0 Å². The van der Waals surface area contributed by atoms with Gasteiger partial charge in [-0.25, -0.2) is 0 Å². The van der Waals surface area contributed by atoms with Crippen LogP contribution in [0.25, 0.3) is 0 Å². The molecule has 1 heterocycles. The second kappa shape index (κ2) is 7.84. The minimum absolute atomic E-state index is 0.0227. The van der Waals surface area contributed by atoms with Gasteiger partial charge in [0.15, 0.2) is 0 Å². The number of hydrogen-bond acceptors (Lipinski definition) is 3. The van der Waals surface area contributed by atoms with E-state index in [4.69, 9.17) is 23.2 Å². The number of nitrogens with zero attached hydrogens (tertiary/aromatic N) is 3. The van der Waals surface area contributed by atoms with E-state index >= 15 is 0 Å². The van der Waals surface area contributed by atoms with Crippen LogP contribution in [-0.2, 0) is 0 Å². The number of halogens is 2. The van der Waals surface area contributed by atoms with Crippen molar-refractivity contribution in [3.8, 4) is 0 Å². The molecule has 0 aromatic heterocycles. The second-order valence-electron chi connectivity index (χ2n) is 6.58. The van der Waals surface area contributed by atoms with Crippen molar-refractivity contribution >= 4 is 29.1 Å². The van der Waals surface area contributed by atoms with Crippen LogP contribution in [0.5, 0.6) is 0 Å². The lowest BCUT2D eigenvalue weighted by Gasteiger charge is -2.44. The quantitative estimate of drug-likeness (QED) is 0.828. The first-order valence-corrected chi connectivity index (χ1v) is 8.70. The monoisotopic (exact) mass is 357 g/mol. The largest absolute Gasteiger partial charge is 0.336 e. The van der Waals surface area contributed by atoms with Crippen molar-refractivity contribution in [1.82, 2.24) is 14.7 Å². The van der Waals surface area contributed by atoms with Gasteiger partial charge in [-0.05, 0) is 46.1 Å². The van der Waals surface area contributed by atoms with E-state index in [0.29, 0.717) is 27.7 Å². The van der Waals surface area contributed by atoms with Crippen LogP contribution in [0.2, 0.25) is 10.0 Å². The fourth-order valence-corrected chi connectivity index (χ4v) is 3.39. The molecule has 0 bridgehead atoms. The maximum Gasteiger partial charge on any atom is 0.254 e. The van der Waals surface area contributed by atoms with Gasteiger partial charge in [0.1, 0.15) is 0 Å². The summed E-state index contributed by atoms with van der Waals surface area (Å²) in [5, 5.41) is 0.890. The molecule has 0 N–H and O–H groups in total. The lowest BCUT2D eigenvalue weighted by molar-refractivity contribution is 0.0283. The summed E-state index contributed by atoms with van der Waals surface area (Å²) in [5.74, 6) is 0.0227.